The lowest BCUT2D eigenvalue weighted by Gasteiger charge is -2.49. The van der Waals surface area contributed by atoms with E-state index in [1.165, 1.54) is 84.5 Å². The number of ether oxygens (including phenoxy) is 1. The second-order valence-electron chi connectivity index (χ2n) is 11.4. The van der Waals surface area contributed by atoms with Crippen LogP contribution in [0, 0.1) is 11.8 Å². The van der Waals surface area contributed by atoms with Gasteiger partial charge in [-0.25, -0.2) is 0 Å². The van der Waals surface area contributed by atoms with Gasteiger partial charge in [0.05, 0.1) is 39.4 Å². The largest absolute Gasteiger partial charge is 0.379 e. The van der Waals surface area contributed by atoms with E-state index >= 15 is 0 Å². The summed E-state index contributed by atoms with van der Waals surface area (Å²) >= 11 is 5.58. The van der Waals surface area contributed by atoms with Gasteiger partial charge in [0.2, 0.25) is 0 Å². The normalized spacial score (nSPS) is 35.8. The molecule has 8 nitrogen and oxygen atoms in total. The Morgan fingerprint density at radius 1 is 1.00 bits per heavy atom. The molecule has 0 saturated carbocycles. The number of nitrogens with two attached hydrogens (primary N) is 1. The Bertz CT molecular complexity index is 635. The first-order valence-electron chi connectivity index (χ1n) is 14.2. The van der Waals surface area contributed by atoms with Crippen molar-refractivity contribution in [3.8, 4) is 0 Å². The Labute approximate surface area is 212 Å². The van der Waals surface area contributed by atoms with Gasteiger partial charge in [-0.05, 0) is 31.0 Å². The van der Waals surface area contributed by atoms with E-state index in [4.69, 9.17) is 17.0 Å². The molecule has 5 unspecified atom stereocenters. The molecule has 0 radical (unpaired) electrons. The number of quaternary nitrogens is 2. The van der Waals surface area contributed by atoms with Gasteiger partial charge in [-0.1, -0.05) is 0 Å². The molecule has 6 aliphatic heterocycles. The molecular weight excluding hydrogens is 446 g/mol. The van der Waals surface area contributed by atoms with Crippen molar-refractivity contribution in [2.45, 2.75) is 44.3 Å². The Morgan fingerprint density at radius 3 is 2.59 bits per heavy atom. The number of nitrogens with one attached hydrogen (secondary N) is 3. The third-order valence-electron chi connectivity index (χ3n) is 9.28. The van der Waals surface area contributed by atoms with E-state index < -0.39 is 0 Å². The lowest BCUT2D eigenvalue weighted by atomic mass is 9.75. The predicted molar refractivity (Wildman–Crippen MR) is 139 cm³/mol. The minimum absolute atomic E-state index is 0.729. The Balaban J connectivity index is 0.975. The van der Waals surface area contributed by atoms with Crippen molar-refractivity contribution < 1.29 is 15.0 Å². The topological polar surface area (TPSA) is 64.1 Å². The van der Waals surface area contributed by atoms with E-state index in [0.717, 1.165) is 75.1 Å². The minimum atomic E-state index is 0.729. The molecular formula is C25H49N7OS+2. The van der Waals surface area contributed by atoms with Crippen LogP contribution in [0.3, 0.4) is 0 Å². The molecule has 5 N–H and O–H groups in total. The van der Waals surface area contributed by atoms with Crippen molar-refractivity contribution >= 4 is 17.3 Å². The highest BCUT2D eigenvalue weighted by molar-refractivity contribution is 7.80. The highest BCUT2D eigenvalue weighted by atomic mass is 32.1. The zero-order valence-electron chi connectivity index (χ0n) is 21.2. The van der Waals surface area contributed by atoms with E-state index in [9.17, 15) is 0 Å². The number of hydrogen-bond donors (Lipinski definition) is 4. The smallest absolute Gasteiger partial charge is 0.166 e. The molecule has 6 fully saturated rings. The molecule has 5 atom stereocenters. The molecule has 0 aliphatic carbocycles. The first-order chi connectivity index (χ1) is 16.7. The van der Waals surface area contributed by atoms with Gasteiger partial charge in [0.25, 0.3) is 0 Å². The lowest BCUT2D eigenvalue weighted by Crippen LogP contribution is -3.20. The summed E-state index contributed by atoms with van der Waals surface area (Å²) in [6.07, 6.45) is 7.80. The molecule has 2 bridgehead atoms. The van der Waals surface area contributed by atoms with Gasteiger partial charge in [0, 0.05) is 84.1 Å². The van der Waals surface area contributed by atoms with Gasteiger partial charge in [0.15, 0.2) is 5.11 Å². The van der Waals surface area contributed by atoms with Crippen molar-refractivity contribution in [1.29, 1.82) is 0 Å². The summed E-state index contributed by atoms with van der Waals surface area (Å²) in [6.45, 7) is 17.3. The molecule has 0 amide bonds. The molecule has 9 heteroatoms. The van der Waals surface area contributed by atoms with Crippen molar-refractivity contribution in [3.05, 3.63) is 0 Å². The zero-order valence-corrected chi connectivity index (χ0v) is 22.0. The van der Waals surface area contributed by atoms with Gasteiger partial charge < -0.3 is 30.5 Å². The van der Waals surface area contributed by atoms with Gasteiger partial charge in [-0.2, -0.15) is 0 Å². The third kappa shape index (κ3) is 6.81. The van der Waals surface area contributed by atoms with Crippen LogP contribution < -0.4 is 20.9 Å². The Kier molecular flexibility index (Phi) is 9.31. The van der Waals surface area contributed by atoms with Crippen LogP contribution in [-0.2, 0) is 4.74 Å². The Hall–Kier alpha value is -0.550. The fraction of sp³-hybridized carbons (Fsp3) is 0.960. The van der Waals surface area contributed by atoms with Crippen LogP contribution in [0.25, 0.3) is 0 Å². The van der Waals surface area contributed by atoms with Crippen LogP contribution >= 0.6 is 12.2 Å². The second kappa shape index (κ2) is 12.6. The zero-order chi connectivity index (χ0) is 23.2. The molecule has 0 aromatic rings. The SMILES string of the molecule is S=C(NCCN1CCOCC1)NCC1CC2CC[NH+]1CC2CN1CCN(C2CCCC[NH2+]2)CC1. The lowest BCUT2D eigenvalue weighted by molar-refractivity contribution is -0.945. The van der Waals surface area contributed by atoms with Crippen LogP contribution in [0.4, 0.5) is 0 Å². The summed E-state index contributed by atoms with van der Waals surface area (Å²) in [6, 6.07) is 0.729. The van der Waals surface area contributed by atoms with E-state index in [0.29, 0.717) is 0 Å². The van der Waals surface area contributed by atoms with Crippen molar-refractivity contribution in [3.63, 3.8) is 0 Å². The first kappa shape index (κ1) is 25.1. The number of fused-ring (bicyclic) bond motifs is 3. The second-order valence-corrected chi connectivity index (χ2v) is 11.8. The summed E-state index contributed by atoms with van der Waals surface area (Å²) in [5.74, 6) is 1.81. The summed E-state index contributed by atoms with van der Waals surface area (Å²) < 4.78 is 5.43. The van der Waals surface area contributed by atoms with Gasteiger partial charge in [-0.15, -0.1) is 0 Å². The maximum atomic E-state index is 5.58. The summed E-state index contributed by atoms with van der Waals surface area (Å²) in [5.41, 5.74) is 0. The Morgan fingerprint density at radius 2 is 1.85 bits per heavy atom. The van der Waals surface area contributed by atoms with E-state index in [-0.39, 0.29) is 0 Å². The van der Waals surface area contributed by atoms with Gasteiger partial charge in [0.1, 0.15) is 12.2 Å². The molecule has 6 aliphatic rings. The number of thiocarbonyl (C=S) groups is 1. The third-order valence-corrected chi connectivity index (χ3v) is 9.57. The molecule has 0 aromatic heterocycles. The molecule has 6 heterocycles. The van der Waals surface area contributed by atoms with Gasteiger partial charge >= 0.3 is 0 Å². The minimum Gasteiger partial charge on any atom is -0.379 e. The van der Waals surface area contributed by atoms with E-state index in [1.54, 1.807) is 0 Å². The average molecular weight is 496 g/mol. The van der Waals surface area contributed by atoms with Crippen molar-refractivity contribution in [2.24, 2.45) is 11.8 Å². The van der Waals surface area contributed by atoms with Gasteiger partial charge in [-0.3, -0.25) is 9.80 Å². The fourth-order valence-corrected chi connectivity index (χ4v) is 7.35. The quantitative estimate of drug-likeness (QED) is 0.284. The van der Waals surface area contributed by atoms with Crippen LogP contribution in [0.2, 0.25) is 0 Å². The standard InChI is InChI=1S/C25H47N7OS/c34-25(27-6-8-29-13-15-33-16-14-29)28-18-23-17-21-4-7-32(23)20-22(21)19-30-9-11-31(12-10-30)24-3-1-2-5-26-24/h21-24,26H,1-20H2,(H2,27,28,34)/p+2. The fourth-order valence-electron chi connectivity index (χ4n) is 7.16. The monoisotopic (exact) mass is 495 g/mol. The predicted octanol–water partition coefficient (Wildman–Crippen LogP) is -2.23. The summed E-state index contributed by atoms with van der Waals surface area (Å²) in [7, 11) is 0. The first-order valence-corrected chi connectivity index (χ1v) is 14.6. The molecule has 194 valence electrons. The number of nitrogens with zero attached hydrogens (tertiary/aromatic N) is 3. The number of morpholine rings is 1. The maximum Gasteiger partial charge on any atom is 0.166 e. The molecule has 6 rings (SSSR count). The summed E-state index contributed by atoms with van der Waals surface area (Å²) in [5, 5.41) is 10.4. The molecule has 6 saturated heterocycles. The highest BCUT2D eigenvalue weighted by Gasteiger charge is 2.44. The average Bonchev–Trinajstić information content (AvgIpc) is 2.90. The molecule has 0 aromatic carbocycles. The number of rotatable bonds is 8. The highest BCUT2D eigenvalue weighted by Crippen LogP contribution is 2.28. The van der Waals surface area contributed by atoms with Crippen LogP contribution in [0.5, 0.6) is 0 Å². The van der Waals surface area contributed by atoms with E-state index in [1.807, 2.05) is 4.90 Å². The number of piperazine rings is 1. The van der Waals surface area contributed by atoms with Crippen LogP contribution in [0.1, 0.15) is 32.1 Å². The van der Waals surface area contributed by atoms with Crippen molar-refractivity contribution in [2.75, 3.05) is 98.3 Å². The van der Waals surface area contributed by atoms with Crippen LogP contribution in [0.15, 0.2) is 0 Å². The maximum absolute atomic E-state index is 5.58. The summed E-state index contributed by atoms with van der Waals surface area (Å²) in [4.78, 5) is 9.82. The van der Waals surface area contributed by atoms with Crippen molar-refractivity contribution in [1.82, 2.24) is 25.3 Å². The molecule has 34 heavy (non-hydrogen) atoms. The van der Waals surface area contributed by atoms with Crippen LogP contribution in [-0.4, -0.2) is 130 Å². The number of piperidine rings is 4. The van der Waals surface area contributed by atoms with E-state index in [2.05, 4.69) is 30.7 Å². The molecule has 0 spiro atoms. The number of hydrogen-bond acceptors (Lipinski definition) is 5.